The highest BCUT2D eigenvalue weighted by molar-refractivity contribution is 5.93. The molecular formula is C14H18N2O5. The molecule has 2 fully saturated rings. The summed E-state index contributed by atoms with van der Waals surface area (Å²) in [5, 5.41) is 8.95. The summed E-state index contributed by atoms with van der Waals surface area (Å²) in [5.74, 6) is -0.0458. The molecule has 1 saturated carbocycles. The molecule has 7 nitrogen and oxygen atoms in total. The van der Waals surface area contributed by atoms with E-state index in [0.29, 0.717) is 30.7 Å². The van der Waals surface area contributed by atoms with Crippen molar-refractivity contribution in [3.63, 3.8) is 0 Å². The Morgan fingerprint density at radius 1 is 1.43 bits per heavy atom. The van der Waals surface area contributed by atoms with Crippen LogP contribution in [-0.4, -0.2) is 52.7 Å². The zero-order chi connectivity index (χ0) is 15.0. The largest absolute Gasteiger partial charge is 0.481 e. The molecule has 1 aromatic rings. The van der Waals surface area contributed by atoms with Crippen molar-refractivity contribution < 1.29 is 23.8 Å². The van der Waals surface area contributed by atoms with E-state index in [9.17, 15) is 9.59 Å². The normalized spacial score (nSPS) is 22.3. The van der Waals surface area contributed by atoms with Gasteiger partial charge in [-0.25, -0.2) is 4.98 Å². The van der Waals surface area contributed by atoms with E-state index >= 15 is 0 Å². The highest BCUT2D eigenvalue weighted by Crippen LogP contribution is 2.40. The van der Waals surface area contributed by atoms with Gasteiger partial charge in [0.15, 0.2) is 5.89 Å². The van der Waals surface area contributed by atoms with E-state index in [-0.39, 0.29) is 24.7 Å². The topological polar surface area (TPSA) is 92.9 Å². The van der Waals surface area contributed by atoms with E-state index in [1.807, 2.05) is 0 Å². The Morgan fingerprint density at radius 3 is 2.86 bits per heavy atom. The number of rotatable bonds is 4. The summed E-state index contributed by atoms with van der Waals surface area (Å²) in [5.41, 5.74) is 0.572. The Hall–Kier alpha value is -1.89. The number of amides is 1. The lowest BCUT2D eigenvalue weighted by Gasteiger charge is -2.34. The molecule has 0 spiro atoms. The number of carboxylic acids is 1. The average Bonchev–Trinajstić information content (AvgIpc) is 3.21. The van der Waals surface area contributed by atoms with Gasteiger partial charge >= 0.3 is 5.97 Å². The number of carbonyl (C=O) groups excluding carboxylic acids is 1. The van der Waals surface area contributed by atoms with Crippen LogP contribution in [0.3, 0.4) is 0 Å². The van der Waals surface area contributed by atoms with Crippen molar-refractivity contribution in [1.29, 1.82) is 0 Å². The third-order valence-electron chi connectivity index (χ3n) is 3.83. The van der Waals surface area contributed by atoms with Crippen molar-refractivity contribution in [2.45, 2.75) is 38.1 Å². The van der Waals surface area contributed by atoms with Crippen LogP contribution in [0, 0.1) is 6.92 Å². The standard InChI is InChI=1S/C14H18N2O5/c1-8-12(21-13(15-8)9-2-3-9)14(19)16-4-5-20-7-10(16)6-11(17)18/h9-10H,2-7H2,1H3,(H,17,18)/t10-/m0/s1. The number of hydrogen-bond donors (Lipinski definition) is 1. The van der Waals surface area contributed by atoms with Gasteiger partial charge in [-0.15, -0.1) is 0 Å². The first kappa shape index (κ1) is 14.1. The maximum atomic E-state index is 12.6. The summed E-state index contributed by atoms with van der Waals surface area (Å²) in [6, 6.07) is -0.461. The molecule has 1 aromatic heterocycles. The van der Waals surface area contributed by atoms with Gasteiger partial charge in [0.05, 0.1) is 31.4 Å². The molecule has 1 atom stereocenters. The van der Waals surface area contributed by atoms with E-state index in [2.05, 4.69) is 4.98 Å². The minimum Gasteiger partial charge on any atom is -0.481 e. The van der Waals surface area contributed by atoms with Crippen LogP contribution in [0.1, 0.15) is 47.3 Å². The maximum absolute atomic E-state index is 12.6. The van der Waals surface area contributed by atoms with Crippen LogP contribution in [0.2, 0.25) is 0 Å². The fraction of sp³-hybridized carbons (Fsp3) is 0.643. The van der Waals surface area contributed by atoms with Crippen LogP contribution in [0.15, 0.2) is 4.42 Å². The monoisotopic (exact) mass is 294 g/mol. The van der Waals surface area contributed by atoms with Gasteiger partial charge in [-0.3, -0.25) is 9.59 Å². The van der Waals surface area contributed by atoms with Crippen LogP contribution in [0.5, 0.6) is 0 Å². The number of carbonyl (C=O) groups is 2. The van der Waals surface area contributed by atoms with E-state index in [1.165, 1.54) is 4.90 Å². The summed E-state index contributed by atoms with van der Waals surface area (Å²) in [4.78, 5) is 29.4. The van der Waals surface area contributed by atoms with Crippen LogP contribution in [-0.2, 0) is 9.53 Å². The molecule has 1 aliphatic heterocycles. The number of hydrogen-bond acceptors (Lipinski definition) is 5. The quantitative estimate of drug-likeness (QED) is 0.896. The van der Waals surface area contributed by atoms with Gasteiger partial charge in [-0.2, -0.15) is 0 Å². The van der Waals surface area contributed by atoms with Crippen LogP contribution >= 0.6 is 0 Å². The summed E-state index contributed by atoms with van der Waals surface area (Å²) < 4.78 is 10.9. The number of aromatic nitrogens is 1. The molecule has 1 N–H and O–H groups in total. The van der Waals surface area contributed by atoms with Crippen molar-refractivity contribution in [3.05, 3.63) is 17.3 Å². The van der Waals surface area contributed by atoms with Gasteiger partial charge in [0.25, 0.3) is 5.91 Å². The lowest BCUT2D eigenvalue weighted by atomic mass is 10.1. The number of ether oxygens (including phenoxy) is 1. The van der Waals surface area contributed by atoms with Gasteiger partial charge in [0, 0.05) is 12.5 Å². The molecule has 7 heteroatoms. The molecular weight excluding hydrogens is 276 g/mol. The lowest BCUT2D eigenvalue weighted by Crippen LogP contribution is -2.49. The molecule has 1 amide bonds. The fourth-order valence-electron chi connectivity index (χ4n) is 2.54. The van der Waals surface area contributed by atoms with E-state index in [0.717, 1.165) is 12.8 Å². The third-order valence-corrected chi connectivity index (χ3v) is 3.83. The molecule has 0 bridgehead atoms. The molecule has 1 saturated heterocycles. The highest BCUT2D eigenvalue weighted by atomic mass is 16.5. The van der Waals surface area contributed by atoms with Crippen molar-refractivity contribution in [1.82, 2.24) is 9.88 Å². The van der Waals surface area contributed by atoms with Crippen molar-refractivity contribution in [3.8, 4) is 0 Å². The van der Waals surface area contributed by atoms with Gasteiger partial charge in [0.1, 0.15) is 0 Å². The Morgan fingerprint density at radius 2 is 2.19 bits per heavy atom. The van der Waals surface area contributed by atoms with Crippen LogP contribution in [0.25, 0.3) is 0 Å². The van der Waals surface area contributed by atoms with Crippen molar-refractivity contribution in [2.24, 2.45) is 0 Å². The molecule has 1 aliphatic carbocycles. The smallest absolute Gasteiger partial charge is 0.305 e. The molecule has 0 radical (unpaired) electrons. The molecule has 2 aliphatic rings. The number of aryl methyl sites for hydroxylation is 1. The number of carboxylic acid groups (broad SMARTS) is 1. The predicted molar refractivity (Wildman–Crippen MR) is 71.1 cm³/mol. The van der Waals surface area contributed by atoms with Crippen LogP contribution < -0.4 is 0 Å². The lowest BCUT2D eigenvalue weighted by molar-refractivity contribution is -0.139. The average molecular weight is 294 g/mol. The molecule has 2 heterocycles. The number of oxazole rings is 1. The van der Waals surface area contributed by atoms with Gasteiger partial charge < -0.3 is 19.2 Å². The second-order valence-electron chi connectivity index (χ2n) is 5.57. The minimum atomic E-state index is -0.948. The summed E-state index contributed by atoms with van der Waals surface area (Å²) in [7, 11) is 0. The van der Waals surface area contributed by atoms with Gasteiger partial charge in [-0.05, 0) is 19.8 Å². The van der Waals surface area contributed by atoms with E-state index < -0.39 is 12.0 Å². The second-order valence-corrected chi connectivity index (χ2v) is 5.57. The maximum Gasteiger partial charge on any atom is 0.305 e. The summed E-state index contributed by atoms with van der Waals surface area (Å²) >= 11 is 0. The summed E-state index contributed by atoms with van der Waals surface area (Å²) in [6.07, 6.45) is 1.97. The molecule has 21 heavy (non-hydrogen) atoms. The Balaban J connectivity index is 1.80. The van der Waals surface area contributed by atoms with Crippen molar-refractivity contribution >= 4 is 11.9 Å². The number of nitrogens with zero attached hydrogens (tertiary/aromatic N) is 2. The fourth-order valence-corrected chi connectivity index (χ4v) is 2.54. The Bertz CT molecular complexity index is 564. The van der Waals surface area contributed by atoms with Crippen LogP contribution in [0.4, 0.5) is 0 Å². The number of morpholine rings is 1. The SMILES string of the molecule is Cc1nc(C2CC2)oc1C(=O)N1CCOC[C@@H]1CC(=O)O. The van der Waals surface area contributed by atoms with Gasteiger partial charge in [0.2, 0.25) is 5.76 Å². The molecule has 3 rings (SSSR count). The molecule has 0 unspecified atom stereocenters. The first-order valence-corrected chi connectivity index (χ1v) is 7.14. The minimum absolute atomic E-state index is 0.131. The Kier molecular flexibility index (Phi) is 3.67. The first-order valence-electron chi connectivity index (χ1n) is 7.14. The zero-order valence-corrected chi connectivity index (χ0v) is 11.9. The third kappa shape index (κ3) is 2.92. The predicted octanol–water partition coefficient (Wildman–Crippen LogP) is 1.18. The zero-order valence-electron chi connectivity index (χ0n) is 11.9. The summed E-state index contributed by atoms with van der Waals surface area (Å²) in [6.45, 7) is 2.76. The molecule has 0 aromatic carbocycles. The van der Waals surface area contributed by atoms with Gasteiger partial charge in [-0.1, -0.05) is 0 Å². The first-order chi connectivity index (χ1) is 10.1. The van der Waals surface area contributed by atoms with E-state index in [4.69, 9.17) is 14.3 Å². The van der Waals surface area contributed by atoms with Crippen molar-refractivity contribution in [2.75, 3.05) is 19.8 Å². The Labute approximate surface area is 121 Å². The molecule has 114 valence electrons. The van der Waals surface area contributed by atoms with E-state index in [1.54, 1.807) is 6.92 Å². The second kappa shape index (κ2) is 5.48. The highest BCUT2D eigenvalue weighted by Gasteiger charge is 2.35. The number of aliphatic carboxylic acids is 1.